The second-order valence-electron chi connectivity index (χ2n) is 6.75. The quantitative estimate of drug-likeness (QED) is 0.425. The summed E-state index contributed by atoms with van der Waals surface area (Å²) in [5, 5.41) is 3.02. The standard InChI is InChI=1S/C17H29NO3/c1-12(2)11-13-15(17(13,3)4)16(20)18-10-8-6-7-9-14(19)21-5/h11,13,15H,6-10H2,1-5H3,(H,18,20). The molecule has 2 atom stereocenters. The van der Waals surface area contributed by atoms with Gasteiger partial charge in [-0.3, -0.25) is 9.59 Å². The Morgan fingerprint density at radius 3 is 2.43 bits per heavy atom. The Labute approximate surface area is 128 Å². The number of esters is 1. The van der Waals surface area contributed by atoms with Crippen molar-refractivity contribution in [1.82, 2.24) is 5.32 Å². The third kappa shape index (κ3) is 5.18. The van der Waals surface area contributed by atoms with Crippen molar-refractivity contribution in [2.45, 2.75) is 53.4 Å². The minimum absolute atomic E-state index is 0.0756. The third-order valence-electron chi connectivity index (χ3n) is 4.29. The Morgan fingerprint density at radius 2 is 1.86 bits per heavy atom. The molecular weight excluding hydrogens is 266 g/mol. The van der Waals surface area contributed by atoms with Crippen LogP contribution in [0, 0.1) is 17.3 Å². The van der Waals surface area contributed by atoms with E-state index in [4.69, 9.17) is 0 Å². The van der Waals surface area contributed by atoms with Crippen LogP contribution in [0.3, 0.4) is 0 Å². The van der Waals surface area contributed by atoms with E-state index in [9.17, 15) is 9.59 Å². The van der Waals surface area contributed by atoms with E-state index in [0.29, 0.717) is 18.9 Å². The lowest BCUT2D eigenvalue weighted by atomic mass is 10.1. The molecule has 4 nitrogen and oxygen atoms in total. The first-order valence-electron chi connectivity index (χ1n) is 7.80. The van der Waals surface area contributed by atoms with Crippen LogP contribution in [0.2, 0.25) is 0 Å². The molecule has 0 bridgehead atoms. The molecule has 1 aliphatic rings. The maximum absolute atomic E-state index is 12.2. The van der Waals surface area contributed by atoms with Gasteiger partial charge in [0.1, 0.15) is 0 Å². The second kappa shape index (κ2) is 7.62. The van der Waals surface area contributed by atoms with Crippen molar-refractivity contribution in [3.05, 3.63) is 11.6 Å². The van der Waals surface area contributed by atoms with Crippen LogP contribution >= 0.6 is 0 Å². The van der Waals surface area contributed by atoms with Crippen LogP contribution in [0.4, 0.5) is 0 Å². The van der Waals surface area contributed by atoms with Gasteiger partial charge in [-0.25, -0.2) is 0 Å². The third-order valence-corrected chi connectivity index (χ3v) is 4.29. The molecule has 1 fully saturated rings. The minimum atomic E-state index is -0.164. The van der Waals surface area contributed by atoms with Gasteiger partial charge >= 0.3 is 5.97 Å². The molecule has 1 aliphatic carbocycles. The van der Waals surface area contributed by atoms with Crippen molar-refractivity contribution in [1.29, 1.82) is 0 Å². The molecule has 21 heavy (non-hydrogen) atoms. The number of hydrogen-bond donors (Lipinski definition) is 1. The average Bonchev–Trinajstić information content (AvgIpc) is 2.93. The summed E-state index contributed by atoms with van der Waals surface area (Å²) >= 11 is 0. The molecule has 2 unspecified atom stereocenters. The molecular formula is C17H29NO3. The number of carbonyl (C=O) groups excluding carboxylic acids is 2. The van der Waals surface area contributed by atoms with Gasteiger partial charge in [-0.15, -0.1) is 0 Å². The van der Waals surface area contributed by atoms with Crippen molar-refractivity contribution < 1.29 is 14.3 Å². The molecule has 0 aliphatic heterocycles. The number of allylic oxidation sites excluding steroid dienone is 2. The van der Waals surface area contributed by atoms with Crippen LogP contribution in [0.5, 0.6) is 0 Å². The number of unbranched alkanes of at least 4 members (excludes halogenated alkanes) is 2. The maximum Gasteiger partial charge on any atom is 0.305 e. The molecule has 1 amide bonds. The lowest BCUT2D eigenvalue weighted by Gasteiger charge is -2.06. The number of methoxy groups -OCH3 is 1. The van der Waals surface area contributed by atoms with Gasteiger partial charge in [0.15, 0.2) is 0 Å². The zero-order valence-corrected chi connectivity index (χ0v) is 14.0. The summed E-state index contributed by atoms with van der Waals surface area (Å²) in [6.07, 6.45) is 5.32. The summed E-state index contributed by atoms with van der Waals surface area (Å²) in [7, 11) is 1.41. The summed E-state index contributed by atoms with van der Waals surface area (Å²) in [5.41, 5.74) is 1.35. The van der Waals surface area contributed by atoms with Crippen molar-refractivity contribution in [2.75, 3.05) is 13.7 Å². The number of hydrogen-bond acceptors (Lipinski definition) is 3. The molecule has 4 heteroatoms. The van der Waals surface area contributed by atoms with Crippen LogP contribution in [-0.2, 0) is 14.3 Å². The van der Waals surface area contributed by atoms with E-state index in [1.54, 1.807) is 0 Å². The fraction of sp³-hybridized carbons (Fsp3) is 0.765. The summed E-state index contributed by atoms with van der Waals surface area (Å²) in [6.45, 7) is 9.14. The van der Waals surface area contributed by atoms with Gasteiger partial charge in [0, 0.05) is 13.0 Å². The zero-order chi connectivity index (χ0) is 16.0. The van der Waals surface area contributed by atoms with Crippen LogP contribution in [-0.4, -0.2) is 25.5 Å². The number of amides is 1. The summed E-state index contributed by atoms with van der Waals surface area (Å²) in [5.74, 6) is 0.461. The predicted molar refractivity (Wildman–Crippen MR) is 83.7 cm³/mol. The Morgan fingerprint density at radius 1 is 1.19 bits per heavy atom. The van der Waals surface area contributed by atoms with Crippen LogP contribution in [0.25, 0.3) is 0 Å². The molecule has 0 aromatic heterocycles. The van der Waals surface area contributed by atoms with Gasteiger partial charge < -0.3 is 10.1 Å². The van der Waals surface area contributed by atoms with E-state index < -0.39 is 0 Å². The topological polar surface area (TPSA) is 55.4 Å². The molecule has 0 spiro atoms. The Bertz CT molecular complexity index is 408. The lowest BCUT2D eigenvalue weighted by Crippen LogP contribution is -2.27. The summed E-state index contributed by atoms with van der Waals surface area (Å²) in [6, 6.07) is 0. The minimum Gasteiger partial charge on any atom is -0.469 e. The highest BCUT2D eigenvalue weighted by Crippen LogP contribution is 2.59. The normalized spacial score (nSPS) is 22.3. The number of ether oxygens (including phenoxy) is 1. The first-order chi connectivity index (χ1) is 9.80. The second-order valence-corrected chi connectivity index (χ2v) is 6.75. The van der Waals surface area contributed by atoms with Gasteiger partial charge in [-0.05, 0) is 38.0 Å². The molecule has 120 valence electrons. The van der Waals surface area contributed by atoms with Crippen molar-refractivity contribution in [2.24, 2.45) is 17.3 Å². The zero-order valence-electron chi connectivity index (χ0n) is 14.0. The smallest absolute Gasteiger partial charge is 0.305 e. The van der Waals surface area contributed by atoms with Gasteiger partial charge in [0.25, 0.3) is 0 Å². The monoisotopic (exact) mass is 295 g/mol. The van der Waals surface area contributed by atoms with Gasteiger partial charge in [0.2, 0.25) is 5.91 Å². The van der Waals surface area contributed by atoms with Gasteiger partial charge in [-0.2, -0.15) is 0 Å². The summed E-state index contributed by atoms with van der Waals surface area (Å²) in [4.78, 5) is 23.1. The highest BCUT2D eigenvalue weighted by Gasteiger charge is 2.60. The molecule has 1 rings (SSSR count). The molecule has 0 aromatic rings. The van der Waals surface area contributed by atoms with Crippen molar-refractivity contribution in [3.8, 4) is 0 Å². The molecule has 1 N–H and O–H groups in total. The fourth-order valence-electron chi connectivity index (χ4n) is 2.84. The lowest BCUT2D eigenvalue weighted by molar-refractivity contribution is -0.140. The molecule has 0 saturated heterocycles. The predicted octanol–water partition coefficient (Wildman–Crippen LogP) is 3.07. The Balaban J connectivity index is 2.21. The Kier molecular flexibility index (Phi) is 6.43. The van der Waals surface area contributed by atoms with Crippen molar-refractivity contribution in [3.63, 3.8) is 0 Å². The van der Waals surface area contributed by atoms with Crippen LogP contribution in [0.15, 0.2) is 11.6 Å². The molecule has 0 heterocycles. The van der Waals surface area contributed by atoms with Crippen molar-refractivity contribution >= 4 is 11.9 Å². The van der Waals surface area contributed by atoms with Crippen LogP contribution in [0.1, 0.15) is 53.4 Å². The van der Waals surface area contributed by atoms with E-state index in [1.807, 2.05) is 0 Å². The SMILES string of the molecule is COC(=O)CCCCCNC(=O)C1C(C=C(C)C)C1(C)C. The number of nitrogens with one attached hydrogen (secondary N) is 1. The first-order valence-corrected chi connectivity index (χ1v) is 7.80. The largest absolute Gasteiger partial charge is 0.469 e. The Hall–Kier alpha value is -1.32. The molecule has 0 aromatic carbocycles. The maximum atomic E-state index is 12.2. The number of rotatable bonds is 8. The van der Waals surface area contributed by atoms with E-state index in [1.165, 1.54) is 12.7 Å². The highest BCUT2D eigenvalue weighted by atomic mass is 16.5. The molecule has 0 radical (unpaired) electrons. The fourth-order valence-corrected chi connectivity index (χ4v) is 2.84. The average molecular weight is 295 g/mol. The van der Waals surface area contributed by atoms with E-state index in [2.05, 4.69) is 43.8 Å². The van der Waals surface area contributed by atoms with Gasteiger partial charge in [0.05, 0.1) is 13.0 Å². The summed E-state index contributed by atoms with van der Waals surface area (Å²) < 4.78 is 4.59. The highest BCUT2D eigenvalue weighted by molar-refractivity contribution is 5.83. The van der Waals surface area contributed by atoms with E-state index >= 15 is 0 Å². The van der Waals surface area contributed by atoms with Crippen LogP contribution < -0.4 is 5.32 Å². The first kappa shape index (κ1) is 17.7. The van der Waals surface area contributed by atoms with E-state index in [-0.39, 0.29) is 23.2 Å². The van der Waals surface area contributed by atoms with Gasteiger partial charge in [-0.1, -0.05) is 31.9 Å². The number of carbonyl (C=O) groups is 2. The van der Waals surface area contributed by atoms with E-state index in [0.717, 1.165) is 19.3 Å². The molecule has 1 saturated carbocycles.